The van der Waals surface area contributed by atoms with E-state index in [9.17, 15) is 4.79 Å². The minimum Gasteiger partial charge on any atom is -0.336 e. The van der Waals surface area contributed by atoms with Gasteiger partial charge in [-0.25, -0.2) is 0 Å². The Morgan fingerprint density at radius 3 is 2.15 bits per heavy atom. The van der Waals surface area contributed by atoms with Crippen molar-refractivity contribution < 1.29 is 4.79 Å². The number of hydrogen-bond acceptors (Lipinski definition) is 3. The molecule has 2 fully saturated rings. The molecule has 0 spiro atoms. The van der Waals surface area contributed by atoms with Gasteiger partial charge in [0.05, 0.1) is 0 Å². The quantitative estimate of drug-likeness (QED) is 0.887. The molecule has 2 saturated heterocycles. The van der Waals surface area contributed by atoms with Crippen molar-refractivity contribution in [2.24, 2.45) is 0 Å². The van der Waals surface area contributed by atoms with Crippen LogP contribution < -0.4 is 5.32 Å². The molecule has 0 atom stereocenters. The van der Waals surface area contributed by atoms with Crippen LogP contribution in [-0.4, -0.2) is 61.0 Å². The highest BCUT2D eigenvalue weighted by molar-refractivity contribution is 5.94. The number of benzene rings is 1. The van der Waals surface area contributed by atoms with Crippen LogP contribution in [0.25, 0.3) is 0 Å². The minimum absolute atomic E-state index is 0.169. The number of rotatable bonds is 2. The van der Waals surface area contributed by atoms with E-state index in [2.05, 4.69) is 10.2 Å². The maximum absolute atomic E-state index is 12.3. The number of nitrogens with zero attached hydrogens (tertiary/aromatic N) is 2. The summed E-state index contributed by atoms with van der Waals surface area (Å²) in [5, 5.41) is 3.30. The number of amides is 1. The fourth-order valence-corrected chi connectivity index (χ4v) is 2.59. The Kier molecular flexibility index (Phi) is 5.56. The second kappa shape index (κ2) is 7.41. The van der Waals surface area contributed by atoms with Gasteiger partial charge in [-0.3, -0.25) is 9.69 Å². The zero-order valence-electron chi connectivity index (χ0n) is 12.5. The molecule has 4 nitrogen and oxygen atoms in total. The summed E-state index contributed by atoms with van der Waals surface area (Å²) in [5.74, 6) is 0.169. The Hall–Kier alpha value is -1.39. The minimum atomic E-state index is 0.169. The summed E-state index contributed by atoms with van der Waals surface area (Å²) in [4.78, 5) is 16.7. The van der Waals surface area contributed by atoms with Gasteiger partial charge in [-0.05, 0) is 12.1 Å². The summed E-state index contributed by atoms with van der Waals surface area (Å²) in [6.45, 7) is 9.92. The topological polar surface area (TPSA) is 35.6 Å². The number of nitrogens with one attached hydrogen (secondary N) is 1. The lowest BCUT2D eigenvalue weighted by molar-refractivity contribution is 0.0502. The molecule has 0 aromatic heterocycles. The zero-order valence-corrected chi connectivity index (χ0v) is 12.5. The van der Waals surface area contributed by atoms with Gasteiger partial charge in [-0.15, -0.1) is 0 Å². The van der Waals surface area contributed by atoms with Gasteiger partial charge in [0.15, 0.2) is 0 Å². The van der Waals surface area contributed by atoms with Crippen LogP contribution in [0.2, 0.25) is 0 Å². The largest absolute Gasteiger partial charge is 0.336 e. The van der Waals surface area contributed by atoms with E-state index >= 15 is 0 Å². The Morgan fingerprint density at radius 2 is 1.65 bits per heavy atom. The van der Waals surface area contributed by atoms with Crippen LogP contribution in [0.3, 0.4) is 0 Å². The molecule has 3 rings (SSSR count). The van der Waals surface area contributed by atoms with Gasteiger partial charge in [-0.2, -0.15) is 0 Å². The average Bonchev–Trinajstić information content (AvgIpc) is 2.49. The lowest BCUT2D eigenvalue weighted by Crippen LogP contribution is -2.62. The lowest BCUT2D eigenvalue weighted by Gasteiger charge is -2.43. The number of carbonyl (C=O) groups is 1. The molecular weight excluding hydrogens is 250 g/mol. The monoisotopic (exact) mass is 275 g/mol. The fourth-order valence-electron chi connectivity index (χ4n) is 2.59. The highest BCUT2D eigenvalue weighted by Gasteiger charge is 2.29. The molecule has 2 aliphatic heterocycles. The van der Waals surface area contributed by atoms with Crippen molar-refractivity contribution in [3.63, 3.8) is 0 Å². The molecule has 1 aromatic carbocycles. The lowest BCUT2D eigenvalue weighted by atomic mass is 10.1. The number of hydrogen-bond donors (Lipinski definition) is 1. The van der Waals surface area contributed by atoms with Crippen molar-refractivity contribution in [1.29, 1.82) is 0 Å². The predicted octanol–water partition coefficient (Wildman–Crippen LogP) is 1.44. The Bertz CT molecular complexity index is 409. The molecule has 110 valence electrons. The van der Waals surface area contributed by atoms with Crippen molar-refractivity contribution in [2.45, 2.75) is 19.9 Å². The van der Waals surface area contributed by atoms with E-state index in [0.717, 1.165) is 44.8 Å². The van der Waals surface area contributed by atoms with Gasteiger partial charge >= 0.3 is 0 Å². The van der Waals surface area contributed by atoms with Crippen LogP contribution in [0.4, 0.5) is 0 Å². The summed E-state index contributed by atoms with van der Waals surface area (Å²) in [6.07, 6.45) is 0. The highest BCUT2D eigenvalue weighted by Crippen LogP contribution is 2.12. The first-order valence-electron chi connectivity index (χ1n) is 7.64. The second-order valence-electron chi connectivity index (χ2n) is 5.01. The van der Waals surface area contributed by atoms with Crippen molar-refractivity contribution >= 4 is 5.91 Å². The van der Waals surface area contributed by atoms with E-state index in [4.69, 9.17) is 0 Å². The Balaban J connectivity index is 0.000000704. The molecule has 1 aromatic rings. The van der Waals surface area contributed by atoms with E-state index in [-0.39, 0.29) is 5.91 Å². The van der Waals surface area contributed by atoms with Gasteiger partial charge in [0.2, 0.25) is 0 Å². The van der Waals surface area contributed by atoms with E-state index in [1.165, 1.54) is 0 Å². The van der Waals surface area contributed by atoms with Gasteiger partial charge in [0.1, 0.15) is 0 Å². The van der Waals surface area contributed by atoms with Crippen LogP contribution in [0, 0.1) is 0 Å². The third-order valence-corrected chi connectivity index (χ3v) is 3.90. The molecule has 0 bridgehead atoms. The maximum Gasteiger partial charge on any atom is 0.253 e. The van der Waals surface area contributed by atoms with Gasteiger partial charge in [0.25, 0.3) is 5.91 Å². The Morgan fingerprint density at radius 1 is 1.05 bits per heavy atom. The van der Waals surface area contributed by atoms with Crippen LogP contribution in [0.15, 0.2) is 30.3 Å². The van der Waals surface area contributed by atoms with Crippen molar-refractivity contribution in [3.8, 4) is 0 Å². The smallest absolute Gasteiger partial charge is 0.253 e. The van der Waals surface area contributed by atoms with E-state index in [1.54, 1.807) is 0 Å². The zero-order chi connectivity index (χ0) is 14.4. The van der Waals surface area contributed by atoms with E-state index in [1.807, 2.05) is 49.1 Å². The number of piperazine rings is 1. The molecule has 20 heavy (non-hydrogen) atoms. The molecule has 0 aliphatic carbocycles. The van der Waals surface area contributed by atoms with Gasteiger partial charge in [0, 0.05) is 50.9 Å². The average molecular weight is 275 g/mol. The molecule has 1 N–H and O–H groups in total. The van der Waals surface area contributed by atoms with Crippen LogP contribution in [0.5, 0.6) is 0 Å². The Labute approximate surface area is 121 Å². The third-order valence-electron chi connectivity index (χ3n) is 3.90. The molecule has 0 radical (unpaired) electrons. The molecule has 1 amide bonds. The van der Waals surface area contributed by atoms with Crippen molar-refractivity contribution in [3.05, 3.63) is 35.9 Å². The fraction of sp³-hybridized carbons (Fsp3) is 0.562. The number of carbonyl (C=O) groups excluding carboxylic acids is 1. The molecular formula is C16H25N3O. The summed E-state index contributed by atoms with van der Waals surface area (Å²) in [7, 11) is 0. The molecule has 4 heteroatoms. The molecule has 2 aliphatic rings. The molecule has 0 saturated carbocycles. The summed E-state index contributed by atoms with van der Waals surface area (Å²) in [5.41, 5.74) is 0.802. The van der Waals surface area contributed by atoms with Crippen LogP contribution in [0.1, 0.15) is 24.2 Å². The first kappa shape index (κ1) is 15.0. The highest BCUT2D eigenvalue weighted by atomic mass is 16.2. The molecule has 0 unspecified atom stereocenters. The first-order valence-corrected chi connectivity index (χ1v) is 7.64. The van der Waals surface area contributed by atoms with E-state index in [0.29, 0.717) is 6.04 Å². The van der Waals surface area contributed by atoms with Crippen LogP contribution >= 0.6 is 0 Å². The predicted molar refractivity (Wildman–Crippen MR) is 81.9 cm³/mol. The maximum atomic E-state index is 12.3. The third kappa shape index (κ3) is 3.38. The summed E-state index contributed by atoms with van der Waals surface area (Å²) < 4.78 is 0. The SMILES string of the molecule is CC.O=C(c1ccccc1)N1CCN(C2CNC2)CC1. The van der Waals surface area contributed by atoms with E-state index < -0.39 is 0 Å². The normalized spacial score (nSPS) is 19.8. The van der Waals surface area contributed by atoms with Gasteiger partial charge in [-0.1, -0.05) is 32.0 Å². The summed E-state index contributed by atoms with van der Waals surface area (Å²) in [6, 6.07) is 10.3. The molecule has 2 heterocycles. The van der Waals surface area contributed by atoms with Crippen molar-refractivity contribution in [2.75, 3.05) is 39.3 Å². The van der Waals surface area contributed by atoms with Gasteiger partial charge < -0.3 is 10.2 Å². The second-order valence-corrected chi connectivity index (χ2v) is 5.01. The first-order chi connectivity index (χ1) is 9.84. The van der Waals surface area contributed by atoms with Crippen molar-refractivity contribution in [1.82, 2.24) is 15.1 Å². The standard InChI is InChI=1S/C14H19N3O.C2H6/c18-14(12-4-2-1-3-5-12)17-8-6-16(7-9-17)13-10-15-11-13;1-2/h1-5,13,15H,6-11H2;1-2H3. The van der Waals surface area contributed by atoms with Crippen LogP contribution in [-0.2, 0) is 0 Å². The summed E-state index contributed by atoms with van der Waals surface area (Å²) >= 11 is 0.